The van der Waals surface area contributed by atoms with E-state index in [1.807, 2.05) is 54.6 Å². The molecule has 4 nitrogen and oxygen atoms in total. The zero-order chi connectivity index (χ0) is 19.7. The van der Waals surface area contributed by atoms with Crippen LogP contribution >= 0.6 is 43.6 Å². The first-order valence-electron chi connectivity index (χ1n) is 8.35. The van der Waals surface area contributed by atoms with Gasteiger partial charge >= 0.3 is 0 Å². The minimum atomic E-state index is -0.307. The molecule has 0 N–H and O–H groups in total. The van der Waals surface area contributed by atoms with E-state index in [1.165, 1.54) is 4.90 Å². The Morgan fingerprint density at radius 2 is 1.75 bits per heavy atom. The summed E-state index contributed by atoms with van der Waals surface area (Å²) in [7, 11) is 0. The number of imide groups is 1. The number of nitrogens with zero attached hydrogens (tertiary/aromatic N) is 1. The molecule has 28 heavy (non-hydrogen) atoms. The molecule has 0 bridgehead atoms. The Bertz CT molecular complexity index is 1090. The molecule has 1 fully saturated rings. The number of furan rings is 1. The molecule has 0 atom stereocenters. The fraction of sp³-hybridized carbons (Fsp3) is 0.0476. The lowest BCUT2D eigenvalue weighted by Crippen LogP contribution is -2.27. The van der Waals surface area contributed by atoms with Gasteiger partial charge in [-0.2, -0.15) is 0 Å². The van der Waals surface area contributed by atoms with Crippen LogP contribution in [0.4, 0.5) is 4.79 Å². The lowest BCUT2D eigenvalue weighted by atomic mass is 10.2. The summed E-state index contributed by atoms with van der Waals surface area (Å²) in [5.74, 6) is 0.920. The zero-order valence-corrected chi connectivity index (χ0v) is 18.4. The van der Waals surface area contributed by atoms with E-state index in [0.29, 0.717) is 16.4 Å². The summed E-state index contributed by atoms with van der Waals surface area (Å²) >= 11 is 7.75. The van der Waals surface area contributed by atoms with Crippen LogP contribution in [0.3, 0.4) is 0 Å². The smallest absolute Gasteiger partial charge is 0.293 e. The maximum atomic E-state index is 12.7. The molecule has 0 unspecified atom stereocenters. The van der Waals surface area contributed by atoms with Crippen molar-refractivity contribution in [3.63, 3.8) is 0 Å². The van der Waals surface area contributed by atoms with Crippen LogP contribution in [-0.2, 0) is 11.3 Å². The molecule has 1 saturated heterocycles. The predicted octanol–water partition coefficient (Wildman–Crippen LogP) is 6.71. The highest BCUT2D eigenvalue weighted by atomic mass is 79.9. The van der Waals surface area contributed by atoms with Gasteiger partial charge in [-0.3, -0.25) is 14.5 Å². The number of benzene rings is 2. The van der Waals surface area contributed by atoms with E-state index in [4.69, 9.17) is 4.42 Å². The second-order valence-electron chi connectivity index (χ2n) is 6.11. The largest absolute Gasteiger partial charge is 0.457 e. The Labute approximate surface area is 182 Å². The van der Waals surface area contributed by atoms with Gasteiger partial charge in [0, 0.05) is 20.6 Å². The molecule has 2 heterocycles. The van der Waals surface area contributed by atoms with Crippen molar-refractivity contribution in [1.29, 1.82) is 0 Å². The number of hydrogen-bond acceptors (Lipinski definition) is 4. The summed E-state index contributed by atoms with van der Waals surface area (Å²) in [5, 5.41) is -0.280. The molecule has 2 amide bonds. The molecule has 1 aliphatic rings. The molecule has 140 valence electrons. The van der Waals surface area contributed by atoms with E-state index in [0.717, 1.165) is 31.8 Å². The fourth-order valence-corrected chi connectivity index (χ4v) is 4.25. The number of thioether (sulfide) groups is 1. The summed E-state index contributed by atoms with van der Waals surface area (Å²) in [5.41, 5.74) is 1.82. The van der Waals surface area contributed by atoms with Crippen LogP contribution in [0.2, 0.25) is 0 Å². The SMILES string of the molecule is O=C1S/C(=C\c2ccc(-c3cccc(Br)c3)o2)C(=O)N1Cc1ccc(Br)cc1. The normalized spacial score (nSPS) is 15.6. The Kier molecular flexibility index (Phi) is 5.57. The molecule has 0 radical (unpaired) electrons. The van der Waals surface area contributed by atoms with Gasteiger partial charge in [-0.05, 0) is 53.7 Å². The van der Waals surface area contributed by atoms with Crippen molar-refractivity contribution in [2.45, 2.75) is 6.54 Å². The second kappa shape index (κ2) is 8.11. The van der Waals surface area contributed by atoms with Crippen molar-refractivity contribution in [3.8, 4) is 11.3 Å². The monoisotopic (exact) mass is 517 g/mol. The van der Waals surface area contributed by atoms with Gasteiger partial charge in [0.2, 0.25) is 0 Å². The lowest BCUT2D eigenvalue weighted by Gasteiger charge is -2.12. The van der Waals surface area contributed by atoms with Crippen LogP contribution in [-0.4, -0.2) is 16.0 Å². The highest BCUT2D eigenvalue weighted by molar-refractivity contribution is 9.10. The van der Waals surface area contributed by atoms with E-state index in [2.05, 4.69) is 31.9 Å². The molecule has 2 aromatic carbocycles. The van der Waals surface area contributed by atoms with Crippen LogP contribution < -0.4 is 0 Å². The number of amides is 2. The van der Waals surface area contributed by atoms with Crippen molar-refractivity contribution in [2.75, 3.05) is 0 Å². The topological polar surface area (TPSA) is 50.5 Å². The standard InChI is InChI=1S/C21H13Br2NO3S/c22-15-6-4-13(5-7-15)12-24-20(25)19(28-21(24)26)11-17-8-9-18(27-17)14-2-1-3-16(23)10-14/h1-11H,12H2/b19-11-. The van der Waals surface area contributed by atoms with Crippen molar-refractivity contribution < 1.29 is 14.0 Å². The average Bonchev–Trinajstić information content (AvgIpc) is 3.24. The van der Waals surface area contributed by atoms with Gasteiger partial charge in [0.15, 0.2) is 0 Å². The molecule has 0 spiro atoms. The first kappa shape index (κ1) is 19.2. The minimum Gasteiger partial charge on any atom is -0.457 e. The molecular formula is C21H13Br2NO3S. The van der Waals surface area contributed by atoms with Gasteiger partial charge in [0.05, 0.1) is 11.4 Å². The van der Waals surface area contributed by atoms with Crippen LogP contribution in [0, 0.1) is 0 Å². The Hall–Kier alpha value is -2.09. The van der Waals surface area contributed by atoms with Crippen molar-refractivity contribution in [2.24, 2.45) is 0 Å². The number of carbonyl (C=O) groups is 2. The van der Waals surface area contributed by atoms with E-state index in [1.54, 1.807) is 12.1 Å². The summed E-state index contributed by atoms with van der Waals surface area (Å²) in [6, 6.07) is 18.9. The van der Waals surface area contributed by atoms with E-state index in [9.17, 15) is 9.59 Å². The lowest BCUT2D eigenvalue weighted by molar-refractivity contribution is -0.123. The van der Waals surface area contributed by atoms with Gasteiger partial charge < -0.3 is 4.42 Å². The second-order valence-corrected chi connectivity index (χ2v) is 8.93. The first-order chi connectivity index (χ1) is 13.5. The Balaban J connectivity index is 1.53. The summed E-state index contributed by atoms with van der Waals surface area (Å²) < 4.78 is 7.74. The third kappa shape index (κ3) is 4.16. The molecule has 0 saturated carbocycles. The van der Waals surface area contributed by atoms with Gasteiger partial charge in [-0.15, -0.1) is 0 Å². The van der Waals surface area contributed by atoms with Crippen LogP contribution in [0.1, 0.15) is 11.3 Å². The van der Waals surface area contributed by atoms with Gasteiger partial charge in [-0.25, -0.2) is 0 Å². The quantitative estimate of drug-likeness (QED) is 0.360. The minimum absolute atomic E-state index is 0.247. The molecule has 1 aliphatic heterocycles. The average molecular weight is 519 g/mol. The van der Waals surface area contributed by atoms with Gasteiger partial charge in [0.25, 0.3) is 11.1 Å². The molecule has 7 heteroatoms. The maximum absolute atomic E-state index is 12.7. The van der Waals surface area contributed by atoms with Crippen molar-refractivity contribution in [3.05, 3.63) is 85.8 Å². The molecule has 0 aliphatic carbocycles. The molecule has 1 aromatic heterocycles. The number of rotatable bonds is 4. The van der Waals surface area contributed by atoms with E-state index >= 15 is 0 Å². The third-order valence-corrected chi connectivity index (χ3v) is 6.07. The zero-order valence-electron chi connectivity index (χ0n) is 14.4. The summed E-state index contributed by atoms with van der Waals surface area (Å²) in [6.07, 6.45) is 1.62. The van der Waals surface area contributed by atoms with Crippen molar-refractivity contribution >= 4 is 60.8 Å². The number of hydrogen-bond donors (Lipinski definition) is 0. The van der Waals surface area contributed by atoms with E-state index in [-0.39, 0.29) is 17.7 Å². The maximum Gasteiger partial charge on any atom is 0.293 e. The third-order valence-electron chi connectivity index (χ3n) is 4.14. The highest BCUT2D eigenvalue weighted by Crippen LogP contribution is 2.34. The van der Waals surface area contributed by atoms with Crippen LogP contribution in [0.5, 0.6) is 0 Å². The Morgan fingerprint density at radius 1 is 0.964 bits per heavy atom. The number of halogens is 2. The summed E-state index contributed by atoms with van der Waals surface area (Å²) in [6.45, 7) is 0.247. The fourth-order valence-electron chi connectivity index (χ4n) is 2.77. The predicted molar refractivity (Wildman–Crippen MR) is 118 cm³/mol. The first-order valence-corrected chi connectivity index (χ1v) is 10.8. The van der Waals surface area contributed by atoms with E-state index < -0.39 is 0 Å². The van der Waals surface area contributed by atoms with Crippen LogP contribution in [0.15, 0.2) is 78.9 Å². The molecule has 3 aromatic rings. The van der Waals surface area contributed by atoms with Crippen molar-refractivity contribution in [1.82, 2.24) is 4.90 Å². The molecular weight excluding hydrogens is 506 g/mol. The highest BCUT2D eigenvalue weighted by Gasteiger charge is 2.35. The molecule has 4 rings (SSSR count). The van der Waals surface area contributed by atoms with Gasteiger partial charge in [-0.1, -0.05) is 56.1 Å². The number of carbonyl (C=O) groups excluding carboxylic acids is 2. The Morgan fingerprint density at radius 3 is 2.50 bits per heavy atom. The summed E-state index contributed by atoms with van der Waals surface area (Å²) in [4.78, 5) is 26.6. The van der Waals surface area contributed by atoms with Crippen LogP contribution in [0.25, 0.3) is 17.4 Å². The van der Waals surface area contributed by atoms with Gasteiger partial charge in [0.1, 0.15) is 11.5 Å².